The number of aryl methyl sites for hydroxylation is 1. The third-order valence-corrected chi connectivity index (χ3v) is 6.29. The largest absolute Gasteiger partial charge is 0.382 e. The molecule has 31 heavy (non-hydrogen) atoms. The van der Waals surface area contributed by atoms with Crippen LogP contribution in [-0.2, 0) is 7.05 Å². The van der Waals surface area contributed by atoms with Crippen molar-refractivity contribution in [2.45, 2.75) is 13.0 Å². The maximum Gasteiger partial charge on any atom is 0.264 e. The van der Waals surface area contributed by atoms with Gasteiger partial charge in [0.2, 0.25) is 0 Å². The van der Waals surface area contributed by atoms with Gasteiger partial charge in [0.1, 0.15) is 10.2 Å². The zero-order chi connectivity index (χ0) is 22.3. The van der Waals surface area contributed by atoms with Crippen LogP contribution in [0.3, 0.4) is 0 Å². The first-order valence-electron chi connectivity index (χ1n) is 9.48. The van der Waals surface area contributed by atoms with Gasteiger partial charge in [0.05, 0.1) is 16.5 Å². The Morgan fingerprint density at radius 1 is 1.19 bits per heavy atom. The van der Waals surface area contributed by atoms with Gasteiger partial charge in [0, 0.05) is 18.4 Å². The highest BCUT2D eigenvalue weighted by Crippen LogP contribution is 2.27. The number of nitrogens with one attached hydrogen (secondary N) is 1. The first-order chi connectivity index (χ1) is 14.8. The zero-order valence-electron chi connectivity index (χ0n) is 16.8. The predicted octanol–water partition coefficient (Wildman–Crippen LogP) is 4.21. The highest BCUT2D eigenvalue weighted by molar-refractivity contribution is 9.10. The second kappa shape index (κ2) is 8.20. The molecule has 9 heteroatoms. The Morgan fingerprint density at radius 2 is 1.90 bits per heavy atom. The van der Waals surface area contributed by atoms with Crippen LogP contribution in [0.15, 0.2) is 64.0 Å². The molecule has 0 aliphatic rings. The highest BCUT2D eigenvalue weighted by Gasteiger charge is 2.24. The number of hydrogen-bond donors (Lipinski definition) is 2. The number of halogens is 2. The van der Waals surface area contributed by atoms with Crippen LogP contribution < -0.4 is 16.6 Å². The second-order valence-electron chi connectivity index (χ2n) is 7.12. The van der Waals surface area contributed by atoms with Gasteiger partial charge in [-0.05, 0) is 52.5 Å². The van der Waals surface area contributed by atoms with Gasteiger partial charge in [-0.15, -0.1) is 0 Å². The minimum atomic E-state index is -0.518. The van der Waals surface area contributed by atoms with Crippen molar-refractivity contribution in [3.05, 3.63) is 85.8 Å². The molecule has 0 radical (unpaired) electrons. The molecule has 2 heterocycles. The van der Waals surface area contributed by atoms with Crippen LogP contribution in [0.25, 0.3) is 16.5 Å². The van der Waals surface area contributed by atoms with Crippen LogP contribution in [-0.4, -0.2) is 20.3 Å². The van der Waals surface area contributed by atoms with Crippen LogP contribution >= 0.6 is 27.5 Å². The van der Waals surface area contributed by atoms with E-state index in [1.807, 2.05) is 49.4 Å². The number of aromatic nitrogens is 3. The van der Waals surface area contributed by atoms with E-state index in [-0.39, 0.29) is 16.9 Å². The fraction of sp³-hybridized carbons (Fsp3) is 0.136. The van der Waals surface area contributed by atoms with Gasteiger partial charge in [-0.25, -0.2) is 0 Å². The third kappa shape index (κ3) is 3.73. The minimum Gasteiger partial charge on any atom is -0.382 e. The lowest BCUT2D eigenvalue weighted by atomic mass is 10.1. The van der Waals surface area contributed by atoms with Crippen molar-refractivity contribution in [3.8, 4) is 5.69 Å². The summed E-state index contributed by atoms with van der Waals surface area (Å²) >= 11 is 9.68. The number of anilines is 1. The van der Waals surface area contributed by atoms with E-state index >= 15 is 0 Å². The number of hydrogen-bond acceptors (Lipinski definition) is 4. The van der Waals surface area contributed by atoms with E-state index in [9.17, 15) is 9.59 Å². The fourth-order valence-corrected chi connectivity index (χ4v) is 4.30. The Labute approximate surface area is 191 Å². The Bertz CT molecular complexity index is 1360. The summed E-state index contributed by atoms with van der Waals surface area (Å²) in [7, 11) is 1.68. The number of fused-ring (bicyclic) bond motifs is 1. The van der Waals surface area contributed by atoms with E-state index in [0.29, 0.717) is 31.8 Å². The number of nitrogen functional groups attached to an aromatic ring is 1. The molecule has 2 aromatic heterocycles. The van der Waals surface area contributed by atoms with Crippen LogP contribution in [0.5, 0.6) is 0 Å². The van der Waals surface area contributed by atoms with Crippen LogP contribution in [0.2, 0.25) is 5.02 Å². The molecule has 0 aliphatic heterocycles. The molecule has 3 N–H and O–H groups in total. The summed E-state index contributed by atoms with van der Waals surface area (Å²) in [5, 5.41) is 8.49. The third-order valence-electron chi connectivity index (χ3n) is 5.06. The molecule has 1 unspecified atom stereocenters. The predicted molar refractivity (Wildman–Crippen MR) is 126 cm³/mol. The summed E-state index contributed by atoms with van der Waals surface area (Å²) in [6.45, 7) is 1.81. The van der Waals surface area contributed by atoms with Gasteiger partial charge in [0.15, 0.2) is 5.82 Å². The van der Waals surface area contributed by atoms with Crippen LogP contribution in [0.1, 0.15) is 29.0 Å². The molecule has 1 amide bonds. The maximum absolute atomic E-state index is 13.5. The van der Waals surface area contributed by atoms with Crippen LogP contribution in [0.4, 0.5) is 5.82 Å². The summed E-state index contributed by atoms with van der Waals surface area (Å²) in [4.78, 5) is 26.4. The monoisotopic (exact) mass is 499 g/mol. The van der Waals surface area contributed by atoms with Crippen molar-refractivity contribution >= 4 is 50.0 Å². The maximum atomic E-state index is 13.5. The van der Waals surface area contributed by atoms with Gasteiger partial charge in [-0.3, -0.25) is 18.8 Å². The van der Waals surface area contributed by atoms with Crippen molar-refractivity contribution in [2.24, 2.45) is 7.05 Å². The smallest absolute Gasteiger partial charge is 0.264 e. The number of nitrogens with zero attached hydrogens (tertiary/aromatic N) is 3. The average Bonchev–Trinajstić information content (AvgIpc) is 2.99. The number of para-hydroxylation sites is 1. The average molecular weight is 501 g/mol. The summed E-state index contributed by atoms with van der Waals surface area (Å²) < 4.78 is 3.52. The molecule has 4 aromatic rings. The molecule has 158 valence electrons. The number of carbonyl (C=O) groups is 1. The van der Waals surface area contributed by atoms with E-state index < -0.39 is 11.9 Å². The number of amides is 1. The Morgan fingerprint density at radius 3 is 2.55 bits per heavy atom. The molecule has 4 rings (SSSR count). The topological polar surface area (TPSA) is 94.9 Å². The first kappa shape index (κ1) is 21.1. The SMILES string of the molecule is CC(NC(=O)c1c(N)nn(C)c1Br)c1cc2cccc(Cl)c2c(=O)n1-c1ccccc1. The lowest BCUT2D eigenvalue weighted by molar-refractivity contribution is 0.0938. The number of pyridine rings is 1. The summed E-state index contributed by atoms with van der Waals surface area (Å²) in [5.74, 6) is -0.284. The molecule has 0 fully saturated rings. The van der Waals surface area contributed by atoms with Crippen molar-refractivity contribution in [1.29, 1.82) is 0 Å². The van der Waals surface area contributed by atoms with E-state index in [1.54, 1.807) is 23.7 Å². The molecule has 0 saturated heterocycles. The molecular weight excluding hydrogens is 482 g/mol. The number of benzene rings is 2. The van der Waals surface area contributed by atoms with Gasteiger partial charge in [-0.2, -0.15) is 5.10 Å². The molecule has 0 spiro atoms. The minimum absolute atomic E-state index is 0.116. The quantitative estimate of drug-likeness (QED) is 0.439. The molecule has 7 nitrogen and oxygen atoms in total. The Hall–Kier alpha value is -3.10. The van der Waals surface area contributed by atoms with Crippen molar-refractivity contribution in [2.75, 3.05) is 5.73 Å². The standard InChI is InChI=1S/C22H19BrClN5O2/c1-12(26-21(30)18-19(23)28(2)27-20(18)25)16-11-13-7-6-10-15(24)17(13)22(31)29(16)14-8-4-3-5-9-14/h3-12H,1-2H3,(H2,25,27)(H,26,30). The number of nitrogens with two attached hydrogens (primary N) is 1. The Kier molecular flexibility index (Phi) is 5.60. The van der Waals surface area contributed by atoms with Gasteiger partial charge in [-0.1, -0.05) is 41.9 Å². The lowest BCUT2D eigenvalue weighted by Crippen LogP contribution is -2.32. The van der Waals surface area contributed by atoms with Gasteiger partial charge in [0.25, 0.3) is 11.5 Å². The van der Waals surface area contributed by atoms with Crippen LogP contribution in [0, 0.1) is 0 Å². The van der Waals surface area contributed by atoms with Crippen molar-refractivity contribution < 1.29 is 4.79 Å². The van der Waals surface area contributed by atoms with Crippen molar-refractivity contribution in [3.63, 3.8) is 0 Å². The highest BCUT2D eigenvalue weighted by atomic mass is 79.9. The lowest BCUT2D eigenvalue weighted by Gasteiger charge is -2.21. The number of rotatable bonds is 4. The molecule has 0 bridgehead atoms. The van der Waals surface area contributed by atoms with E-state index in [2.05, 4.69) is 26.3 Å². The summed E-state index contributed by atoms with van der Waals surface area (Å²) in [5.41, 5.74) is 7.17. The van der Waals surface area contributed by atoms with E-state index in [4.69, 9.17) is 17.3 Å². The molecule has 0 aliphatic carbocycles. The molecule has 2 aromatic carbocycles. The molecular formula is C22H19BrClN5O2. The molecule has 0 saturated carbocycles. The molecule has 1 atom stereocenters. The fourth-order valence-electron chi connectivity index (χ4n) is 3.58. The van der Waals surface area contributed by atoms with E-state index in [1.165, 1.54) is 4.68 Å². The Balaban J connectivity index is 1.86. The van der Waals surface area contributed by atoms with Gasteiger partial charge < -0.3 is 11.1 Å². The van der Waals surface area contributed by atoms with E-state index in [0.717, 1.165) is 0 Å². The normalized spacial score (nSPS) is 12.1. The zero-order valence-corrected chi connectivity index (χ0v) is 19.1. The summed E-state index contributed by atoms with van der Waals surface area (Å²) in [6.07, 6.45) is 0. The van der Waals surface area contributed by atoms with Gasteiger partial charge >= 0.3 is 0 Å². The van der Waals surface area contributed by atoms with Crippen molar-refractivity contribution in [1.82, 2.24) is 19.7 Å². The first-order valence-corrected chi connectivity index (χ1v) is 10.6. The number of carbonyl (C=O) groups excluding carboxylic acids is 1. The second-order valence-corrected chi connectivity index (χ2v) is 8.28. The summed E-state index contributed by atoms with van der Waals surface area (Å²) in [6, 6.07) is 15.9.